The Kier molecular flexibility index (Phi) is 8.13. The van der Waals surface area contributed by atoms with Gasteiger partial charge in [0.05, 0.1) is 0 Å². The van der Waals surface area contributed by atoms with Crippen molar-refractivity contribution in [3.05, 3.63) is 0 Å². The Hall–Kier alpha value is -0.0400. The Balaban J connectivity index is 0.000000442. The summed E-state index contributed by atoms with van der Waals surface area (Å²) in [5, 5.41) is 0. The third-order valence-electron chi connectivity index (χ3n) is 3.81. The number of rotatable bonds is 0. The van der Waals surface area contributed by atoms with E-state index in [1.165, 1.54) is 32.2 Å². The van der Waals surface area contributed by atoms with E-state index in [0.717, 1.165) is 17.9 Å². The van der Waals surface area contributed by atoms with E-state index >= 15 is 0 Å². The lowest BCUT2D eigenvalue weighted by Crippen LogP contribution is -2.26. The average Bonchev–Trinajstić information content (AvgIpc) is 2.61. The Morgan fingerprint density at radius 1 is 0.933 bits per heavy atom. The zero-order chi connectivity index (χ0) is 11.8. The van der Waals surface area contributed by atoms with Gasteiger partial charge in [-0.05, 0) is 38.6 Å². The van der Waals surface area contributed by atoms with E-state index in [2.05, 4.69) is 18.9 Å². The third kappa shape index (κ3) is 3.79. The molecule has 3 unspecified atom stereocenters. The van der Waals surface area contributed by atoms with Crippen molar-refractivity contribution in [2.24, 2.45) is 11.8 Å². The molecule has 1 saturated carbocycles. The van der Waals surface area contributed by atoms with Crippen LogP contribution in [0.2, 0.25) is 0 Å². The fourth-order valence-corrected chi connectivity index (χ4v) is 2.96. The molecule has 1 aliphatic heterocycles. The zero-order valence-corrected chi connectivity index (χ0v) is 11.7. The van der Waals surface area contributed by atoms with Crippen molar-refractivity contribution in [2.45, 2.75) is 66.3 Å². The largest absolute Gasteiger partial charge is 0.303 e. The van der Waals surface area contributed by atoms with Crippen molar-refractivity contribution in [2.75, 3.05) is 13.6 Å². The first-order chi connectivity index (χ1) is 7.29. The molecule has 0 bridgehead atoms. The number of nitrogens with zero attached hydrogens (tertiary/aromatic N) is 1. The maximum Gasteiger partial charge on any atom is 0.00953 e. The van der Waals surface area contributed by atoms with Crippen molar-refractivity contribution in [1.82, 2.24) is 4.90 Å². The number of hydrogen-bond acceptors (Lipinski definition) is 1. The van der Waals surface area contributed by atoms with Crippen LogP contribution in [0.3, 0.4) is 0 Å². The standard InChI is InChI=1S/C10H19N.2C2H6/c1-8-10-6-4-3-5-9(10)7-11(8)2;2*1-2/h8-10H,3-7H2,1-2H3;2*1-2H3. The summed E-state index contributed by atoms with van der Waals surface area (Å²) in [5.41, 5.74) is 0. The van der Waals surface area contributed by atoms with Crippen molar-refractivity contribution in [1.29, 1.82) is 0 Å². The van der Waals surface area contributed by atoms with Gasteiger partial charge in [-0.15, -0.1) is 0 Å². The van der Waals surface area contributed by atoms with E-state index in [0.29, 0.717) is 0 Å². The van der Waals surface area contributed by atoms with E-state index in [9.17, 15) is 0 Å². The third-order valence-corrected chi connectivity index (χ3v) is 3.81. The summed E-state index contributed by atoms with van der Waals surface area (Å²) in [5.74, 6) is 2.08. The highest BCUT2D eigenvalue weighted by molar-refractivity contribution is 4.90. The first kappa shape index (κ1) is 15.0. The van der Waals surface area contributed by atoms with Crippen LogP contribution >= 0.6 is 0 Å². The predicted molar refractivity (Wildman–Crippen MR) is 70.2 cm³/mol. The molecule has 15 heavy (non-hydrogen) atoms. The highest BCUT2D eigenvalue weighted by Crippen LogP contribution is 2.39. The monoisotopic (exact) mass is 213 g/mol. The molecule has 1 nitrogen and oxygen atoms in total. The number of hydrogen-bond donors (Lipinski definition) is 0. The Morgan fingerprint density at radius 3 is 2.00 bits per heavy atom. The molecule has 1 heteroatoms. The van der Waals surface area contributed by atoms with Crippen molar-refractivity contribution >= 4 is 0 Å². The lowest BCUT2D eigenvalue weighted by Gasteiger charge is -2.26. The molecule has 2 rings (SSSR count). The van der Waals surface area contributed by atoms with Gasteiger partial charge in [0.1, 0.15) is 0 Å². The maximum absolute atomic E-state index is 2.54. The molecule has 0 aromatic carbocycles. The number of fused-ring (bicyclic) bond motifs is 1. The Bertz CT molecular complexity index is 144. The van der Waals surface area contributed by atoms with Crippen LogP contribution in [0.4, 0.5) is 0 Å². The van der Waals surface area contributed by atoms with Crippen LogP contribution in [0.5, 0.6) is 0 Å². The minimum atomic E-state index is 0.861. The molecular weight excluding hydrogens is 182 g/mol. The highest BCUT2D eigenvalue weighted by atomic mass is 15.2. The normalized spacial score (nSPS) is 34.4. The van der Waals surface area contributed by atoms with Crippen LogP contribution in [-0.2, 0) is 0 Å². The van der Waals surface area contributed by atoms with E-state index < -0.39 is 0 Å². The van der Waals surface area contributed by atoms with Crippen molar-refractivity contribution in [3.63, 3.8) is 0 Å². The van der Waals surface area contributed by atoms with Gasteiger partial charge in [-0.25, -0.2) is 0 Å². The van der Waals surface area contributed by atoms with Gasteiger partial charge in [-0.2, -0.15) is 0 Å². The second-order valence-corrected chi connectivity index (χ2v) is 4.39. The van der Waals surface area contributed by atoms with Gasteiger partial charge in [-0.3, -0.25) is 0 Å². The smallest absolute Gasteiger partial charge is 0.00953 e. The average molecular weight is 213 g/mol. The summed E-state index contributed by atoms with van der Waals surface area (Å²) in [6.45, 7) is 11.8. The minimum absolute atomic E-state index is 0.861. The Labute approximate surface area is 97.2 Å². The van der Waals surface area contributed by atoms with E-state index in [1.54, 1.807) is 0 Å². The molecule has 1 heterocycles. The molecule has 0 aromatic rings. The van der Waals surface area contributed by atoms with Gasteiger partial charge in [0, 0.05) is 12.6 Å². The maximum atomic E-state index is 2.54. The summed E-state index contributed by atoms with van der Waals surface area (Å²) < 4.78 is 0. The van der Waals surface area contributed by atoms with Crippen LogP contribution in [0, 0.1) is 11.8 Å². The topological polar surface area (TPSA) is 3.24 Å². The van der Waals surface area contributed by atoms with Gasteiger partial charge < -0.3 is 4.90 Å². The molecule has 0 aromatic heterocycles. The molecule has 0 amide bonds. The van der Waals surface area contributed by atoms with Crippen molar-refractivity contribution in [3.8, 4) is 0 Å². The fourth-order valence-electron chi connectivity index (χ4n) is 2.96. The lowest BCUT2D eigenvalue weighted by atomic mass is 9.79. The summed E-state index contributed by atoms with van der Waals surface area (Å²) in [6.07, 6.45) is 5.97. The summed E-state index contributed by atoms with van der Waals surface area (Å²) in [7, 11) is 2.28. The molecule has 2 aliphatic rings. The highest BCUT2D eigenvalue weighted by Gasteiger charge is 2.37. The lowest BCUT2D eigenvalue weighted by molar-refractivity contribution is 0.251. The van der Waals surface area contributed by atoms with Gasteiger partial charge in [0.2, 0.25) is 0 Å². The van der Waals surface area contributed by atoms with Crippen LogP contribution in [0.15, 0.2) is 0 Å². The molecule has 1 saturated heterocycles. The van der Waals surface area contributed by atoms with E-state index in [1.807, 2.05) is 27.7 Å². The molecule has 1 aliphatic carbocycles. The number of likely N-dealkylation sites (tertiary alicyclic amines) is 1. The van der Waals surface area contributed by atoms with Crippen LogP contribution < -0.4 is 0 Å². The summed E-state index contributed by atoms with van der Waals surface area (Å²) >= 11 is 0. The molecular formula is C14H31N. The first-order valence-corrected chi connectivity index (χ1v) is 6.99. The van der Waals surface area contributed by atoms with Crippen molar-refractivity contribution < 1.29 is 0 Å². The molecule has 0 spiro atoms. The molecule has 2 fully saturated rings. The van der Waals surface area contributed by atoms with Gasteiger partial charge >= 0.3 is 0 Å². The Morgan fingerprint density at radius 2 is 1.47 bits per heavy atom. The summed E-state index contributed by atoms with van der Waals surface area (Å²) in [6, 6.07) is 0.861. The predicted octanol–water partition coefficient (Wildman–Crippen LogP) is 4.18. The minimum Gasteiger partial charge on any atom is -0.303 e. The fraction of sp³-hybridized carbons (Fsp3) is 1.00. The van der Waals surface area contributed by atoms with Gasteiger partial charge in [-0.1, -0.05) is 40.5 Å². The van der Waals surface area contributed by atoms with Crippen LogP contribution in [0.25, 0.3) is 0 Å². The molecule has 3 atom stereocenters. The summed E-state index contributed by atoms with van der Waals surface area (Å²) in [4.78, 5) is 2.54. The second kappa shape index (κ2) is 8.15. The second-order valence-electron chi connectivity index (χ2n) is 4.39. The SMILES string of the molecule is CC.CC.CC1C2CCCCC2CN1C. The molecule has 0 radical (unpaired) electrons. The van der Waals surface area contributed by atoms with Gasteiger partial charge in [0.25, 0.3) is 0 Å². The quantitative estimate of drug-likeness (QED) is 0.583. The van der Waals surface area contributed by atoms with Crippen LogP contribution in [0.1, 0.15) is 60.3 Å². The zero-order valence-electron chi connectivity index (χ0n) is 11.7. The van der Waals surface area contributed by atoms with Gasteiger partial charge in [0.15, 0.2) is 0 Å². The van der Waals surface area contributed by atoms with E-state index in [-0.39, 0.29) is 0 Å². The van der Waals surface area contributed by atoms with Crippen LogP contribution in [-0.4, -0.2) is 24.5 Å². The molecule has 92 valence electrons. The first-order valence-electron chi connectivity index (χ1n) is 6.99. The van der Waals surface area contributed by atoms with E-state index in [4.69, 9.17) is 0 Å². The molecule has 0 N–H and O–H groups in total.